The van der Waals surface area contributed by atoms with Crippen molar-refractivity contribution in [3.8, 4) is 0 Å². The molecular weight excluding hydrogens is 394 g/mol. The van der Waals surface area contributed by atoms with Crippen molar-refractivity contribution >= 4 is 49.8 Å². The summed E-state index contributed by atoms with van der Waals surface area (Å²) in [7, 11) is 0. The number of aromatic nitrogens is 4. The van der Waals surface area contributed by atoms with Crippen LogP contribution in [0.25, 0.3) is 10.2 Å². The minimum Gasteiger partial charge on any atom is -0.476 e. The minimum atomic E-state index is -1.02. The number of hydrogen-bond acceptors (Lipinski definition) is 8. The van der Waals surface area contributed by atoms with Crippen molar-refractivity contribution in [2.75, 3.05) is 5.32 Å². The van der Waals surface area contributed by atoms with E-state index in [-0.39, 0.29) is 11.6 Å². The van der Waals surface area contributed by atoms with Crippen LogP contribution < -0.4 is 5.32 Å². The number of rotatable bonds is 6. The van der Waals surface area contributed by atoms with Crippen LogP contribution in [0.15, 0.2) is 35.7 Å². The molecule has 142 valence electrons. The quantitative estimate of drug-likeness (QED) is 0.474. The average molecular weight is 412 g/mol. The zero-order valence-electron chi connectivity index (χ0n) is 15.2. The van der Waals surface area contributed by atoms with Crippen LogP contribution in [0.1, 0.15) is 46.5 Å². The van der Waals surface area contributed by atoms with Crippen LogP contribution in [0.2, 0.25) is 0 Å². The first-order valence-electron chi connectivity index (χ1n) is 8.66. The van der Waals surface area contributed by atoms with Crippen molar-refractivity contribution in [3.63, 3.8) is 0 Å². The minimum absolute atomic E-state index is 0.0631. The number of para-hydroxylation sites is 1. The Labute approximate surface area is 169 Å². The number of nitrogens with zero attached hydrogens (tertiary/aromatic N) is 4. The average Bonchev–Trinajstić information content (AvgIpc) is 3.29. The fourth-order valence-corrected chi connectivity index (χ4v) is 4.44. The molecule has 7 nitrogen and oxygen atoms in total. The number of carbonyl (C=O) groups is 1. The summed E-state index contributed by atoms with van der Waals surface area (Å²) in [6.07, 6.45) is 0.458. The lowest BCUT2D eigenvalue weighted by Gasteiger charge is -2.12. The van der Waals surface area contributed by atoms with E-state index in [4.69, 9.17) is 5.11 Å². The fraction of sp³-hybridized carbons (Fsp3) is 0.211. The molecule has 0 spiro atoms. The summed E-state index contributed by atoms with van der Waals surface area (Å²) in [6, 6.07) is 9.94. The molecule has 0 saturated heterocycles. The highest BCUT2D eigenvalue weighted by atomic mass is 32.1. The fourth-order valence-electron chi connectivity index (χ4n) is 2.80. The lowest BCUT2D eigenvalue weighted by molar-refractivity contribution is 0.0691. The Morgan fingerprint density at radius 2 is 2.04 bits per heavy atom. The number of nitrogens with one attached hydrogen (secondary N) is 1. The molecule has 0 aliphatic rings. The van der Waals surface area contributed by atoms with Crippen LogP contribution in [0.4, 0.5) is 10.9 Å². The summed E-state index contributed by atoms with van der Waals surface area (Å²) in [5, 5.41) is 24.0. The van der Waals surface area contributed by atoms with E-state index < -0.39 is 5.97 Å². The predicted molar refractivity (Wildman–Crippen MR) is 111 cm³/mol. The highest BCUT2D eigenvalue weighted by Gasteiger charge is 2.15. The second kappa shape index (κ2) is 7.61. The highest BCUT2D eigenvalue weighted by Crippen LogP contribution is 2.29. The Kier molecular flexibility index (Phi) is 5.01. The zero-order chi connectivity index (χ0) is 19.7. The standard InChI is InChI=1S/C19H17N5O2S2/c1-10(2)11-7-16(22-19-21-12-5-3-4-6-15(12)28-19)24-23-13(11)8-17-20-14(9-27-17)18(25)26/h3-7,9-10H,8H2,1-2H3,(H,25,26)(H,21,22,24). The number of anilines is 2. The smallest absolute Gasteiger partial charge is 0.355 e. The van der Waals surface area contributed by atoms with Gasteiger partial charge in [-0.2, -0.15) is 5.10 Å². The molecule has 0 radical (unpaired) electrons. The summed E-state index contributed by atoms with van der Waals surface area (Å²) in [5.41, 5.74) is 2.86. The summed E-state index contributed by atoms with van der Waals surface area (Å²) in [5.74, 6) is -0.148. The van der Waals surface area contributed by atoms with Crippen molar-refractivity contribution < 1.29 is 9.90 Å². The molecule has 0 fully saturated rings. The van der Waals surface area contributed by atoms with Gasteiger partial charge < -0.3 is 10.4 Å². The van der Waals surface area contributed by atoms with Gasteiger partial charge in [0.05, 0.1) is 20.9 Å². The van der Waals surface area contributed by atoms with Gasteiger partial charge in [0.2, 0.25) is 0 Å². The molecule has 0 bridgehead atoms. The van der Waals surface area contributed by atoms with Crippen LogP contribution in [0, 0.1) is 0 Å². The summed E-state index contributed by atoms with van der Waals surface area (Å²) in [4.78, 5) is 19.7. The molecule has 2 N–H and O–H groups in total. The predicted octanol–water partition coefficient (Wildman–Crippen LogP) is 4.70. The molecule has 0 unspecified atom stereocenters. The van der Waals surface area contributed by atoms with Gasteiger partial charge in [-0.1, -0.05) is 37.3 Å². The number of thiazole rings is 2. The monoisotopic (exact) mass is 411 g/mol. The molecule has 0 amide bonds. The Bertz CT molecular complexity index is 1120. The van der Waals surface area contributed by atoms with E-state index >= 15 is 0 Å². The molecule has 0 saturated carbocycles. The molecule has 3 heterocycles. The molecular formula is C19H17N5O2S2. The number of carboxylic acids is 1. The van der Waals surface area contributed by atoms with Gasteiger partial charge in [0.25, 0.3) is 0 Å². The van der Waals surface area contributed by atoms with Gasteiger partial charge in [-0.25, -0.2) is 14.8 Å². The van der Waals surface area contributed by atoms with E-state index in [9.17, 15) is 4.79 Å². The molecule has 1 aromatic carbocycles. The summed E-state index contributed by atoms with van der Waals surface area (Å²) >= 11 is 2.88. The molecule has 3 aromatic heterocycles. The van der Waals surface area contributed by atoms with E-state index in [2.05, 4.69) is 39.3 Å². The number of aromatic carboxylic acids is 1. The number of fused-ring (bicyclic) bond motifs is 1. The lowest BCUT2D eigenvalue weighted by Crippen LogP contribution is -2.06. The SMILES string of the molecule is CC(C)c1cc(Nc2nc3ccccc3s2)nnc1Cc1nc(C(=O)O)cs1. The Morgan fingerprint density at radius 1 is 1.21 bits per heavy atom. The molecule has 0 atom stereocenters. The maximum Gasteiger partial charge on any atom is 0.355 e. The summed E-state index contributed by atoms with van der Waals surface area (Å²) in [6.45, 7) is 4.18. The summed E-state index contributed by atoms with van der Waals surface area (Å²) < 4.78 is 1.11. The third-order valence-electron chi connectivity index (χ3n) is 4.14. The third-order valence-corrected chi connectivity index (χ3v) is 5.94. The second-order valence-corrected chi connectivity index (χ2v) is 8.48. The van der Waals surface area contributed by atoms with Gasteiger partial charge in [0.15, 0.2) is 16.6 Å². The van der Waals surface area contributed by atoms with Crippen LogP contribution in [0.3, 0.4) is 0 Å². The Balaban J connectivity index is 1.59. The first-order valence-corrected chi connectivity index (χ1v) is 10.4. The third kappa shape index (κ3) is 3.85. The molecule has 28 heavy (non-hydrogen) atoms. The molecule has 4 aromatic rings. The topological polar surface area (TPSA) is 101 Å². The maximum absolute atomic E-state index is 11.0. The van der Waals surface area contributed by atoms with Gasteiger partial charge in [0, 0.05) is 11.8 Å². The van der Waals surface area contributed by atoms with E-state index in [1.807, 2.05) is 30.3 Å². The van der Waals surface area contributed by atoms with Gasteiger partial charge >= 0.3 is 5.97 Å². The highest BCUT2D eigenvalue weighted by molar-refractivity contribution is 7.22. The number of carboxylic acid groups (broad SMARTS) is 1. The van der Waals surface area contributed by atoms with Gasteiger partial charge in [-0.05, 0) is 29.7 Å². The largest absolute Gasteiger partial charge is 0.476 e. The van der Waals surface area contributed by atoms with E-state index in [0.29, 0.717) is 17.2 Å². The number of benzene rings is 1. The van der Waals surface area contributed by atoms with Crippen molar-refractivity contribution in [3.05, 3.63) is 57.7 Å². The van der Waals surface area contributed by atoms with Gasteiger partial charge in [0.1, 0.15) is 0 Å². The van der Waals surface area contributed by atoms with Crippen molar-refractivity contribution in [1.82, 2.24) is 20.2 Å². The molecule has 9 heteroatoms. The first kappa shape index (κ1) is 18.5. The van der Waals surface area contributed by atoms with Crippen molar-refractivity contribution in [1.29, 1.82) is 0 Å². The van der Waals surface area contributed by atoms with Crippen molar-refractivity contribution in [2.24, 2.45) is 0 Å². The number of hydrogen-bond donors (Lipinski definition) is 2. The molecule has 0 aliphatic heterocycles. The van der Waals surface area contributed by atoms with Gasteiger partial charge in [-0.3, -0.25) is 0 Å². The zero-order valence-corrected chi connectivity index (χ0v) is 16.8. The van der Waals surface area contributed by atoms with Crippen LogP contribution >= 0.6 is 22.7 Å². The molecule has 0 aliphatic carbocycles. The lowest BCUT2D eigenvalue weighted by atomic mass is 10.0. The van der Waals surface area contributed by atoms with Crippen LogP contribution in [0.5, 0.6) is 0 Å². The van der Waals surface area contributed by atoms with E-state index in [0.717, 1.165) is 26.6 Å². The first-order chi connectivity index (χ1) is 13.5. The normalized spacial score (nSPS) is 11.2. The van der Waals surface area contributed by atoms with Gasteiger partial charge in [-0.15, -0.1) is 16.4 Å². The van der Waals surface area contributed by atoms with Crippen LogP contribution in [-0.4, -0.2) is 31.2 Å². The Morgan fingerprint density at radius 3 is 2.75 bits per heavy atom. The second-order valence-electron chi connectivity index (χ2n) is 6.51. The van der Waals surface area contributed by atoms with E-state index in [1.54, 1.807) is 16.7 Å². The Hall–Kier alpha value is -2.91. The molecule has 4 rings (SSSR count). The van der Waals surface area contributed by atoms with E-state index in [1.165, 1.54) is 11.3 Å². The maximum atomic E-state index is 11.0. The van der Waals surface area contributed by atoms with Crippen molar-refractivity contribution in [2.45, 2.75) is 26.2 Å². The van der Waals surface area contributed by atoms with Crippen LogP contribution in [-0.2, 0) is 6.42 Å².